The van der Waals surface area contributed by atoms with E-state index in [2.05, 4.69) is 21.7 Å². The summed E-state index contributed by atoms with van der Waals surface area (Å²) in [7, 11) is -1.66. The van der Waals surface area contributed by atoms with Crippen molar-refractivity contribution in [2.75, 3.05) is 39.1 Å². The van der Waals surface area contributed by atoms with Crippen LogP contribution in [0.3, 0.4) is 0 Å². The van der Waals surface area contributed by atoms with Gasteiger partial charge in [-0.3, -0.25) is 0 Å². The monoisotopic (exact) mass is 224 g/mol. The van der Waals surface area contributed by atoms with E-state index in [-0.39, 0.29) is 12.4 Å². The van der Waals surface area contributed by atoms with Gasteiger partial charge in [-0.15, -0.1) is 0 Å². The van der Waals surface area contributed by atoms with E-state index in [4.69, 9.17) is 0 Å². The van der Waals surface area contributed by atoms with Crippen LogP contribution in [0.1, 0.15) is 13.3 Å². The van der Waals surface area contributed by atoms with Crippen molar-refractivity contribution in [3.8, 4) is 0 Å². The quantitative estimate of drug-likeness (QED) is 0.521. The standard InChI is InChI=1S/C8H20N2O3S/c1-3-4-9-5-6-10-14(11,12)8-7-13-2/h9-10H,3-8H2,1-2H3. The van der Waals surface area contributed by atoms with E-state index in [0.717, 1.165) is 13.0 Å². The van der Waals surface area contributed by atoms with Crippen LogP contribution in [0.15, 0.2) is 0 Å². The molecule has 0 aromatic heterocycles. The molecule has 0 spiro atoms. The molecule has 0 radical (unpaired) electrons. The van der Waals surface area contributed by atoms with Crippen LogP contribution >= 0.6 is 0 Å². The third-order valence-electron chi connectivity index (χ3n) is 1.61. The summed E-state index contributed by atoms with van der Waals surface area (Å²) in [6, 6.07) is 0. The molecule has 0 rings (SSSR count). The fourth-order valence-electron chi connectivity index (χ4n) is 0.862. The lowest BCUT2D eigenvalue weighted by atomic mass is 10.5. The SMILES string of the molecule is CCCNCCNS(=O)(=O)CCOC. The molecule has 0 aromatic rings. The molecule has 5 nitrogen and oxygen atoms in total. The van der Waals surface area contributed by atoms with Crippen LogP contribution in [0.4, 0.5) is 0 Å². The molecule has 0 bridgehead atoms. The van der Waals surface area contributed by atoms with Crippen molar-refractivity contribution in [2.24, 2.45) is 0 Å². The molecule has 0 aliphatic heterocycles. The van der Waals surface area contributed by atoms with Crippen LogP contribution in [0.5, 0.6) is 0 Å². The zero-order chi connectivity index (χ0) is 10.9. The van der Waals surface area contributed by atoms with Gasteiger partial charge in [0.2, 0.25) is 10.0 Å². The first-order valence-corrected chi connectivity index (χ1v) is 6.44. The number of methoxy groups -OCH3 is 1. The second kappa shape index (κ2) is 8.16. The molecule has 0 aromatic carbocycles. The number of rotatable bonds is 9. The lowest BCUT2D eigenvalue weighted by molar-refractivity contribution is 0.217. The van der Waals surface area contributed by atoms with Crippen molar-refractivity contribution in [3.63, 3.8) is 0 Å². The second-order valence-electron chi connectivity index (χ2n) is 2.96. The second-order valence-corrected chi connectivity index (χ2v) is 4.88. The summed E-state index contributed by atoms with van der Waals surface area (Å²) in [5.41, 5.74) is 0. The Morgan fingerprint density at radius 1 is 1.21 bits per heavy atom. The Labute approximate surface area is 86.3 Å². The first-order valence-electron chi connectivity index (χ1n) is 4.79. The topological polar surface area (TPSA) is 67.4 Å². The first kappa shape index (κ1) is 13.8. The summed E-state index contributed by atoms with van der Waals surface area (Å²) in [4.78, 5) is 0. The van der Waals surface area contributed by atoms with Crippen molar-refractivity contribution in [1.29, 1.82) is 0 Å². The van der Waals surface area contributed by atoms with Crippen LogP contribution in [0, 0.1) is 0 Å². The Kier molecular flexibility index (Phi) is 8.07. The minimum Gasteiger partial charge on any atom is -0.384 e. The summed E-state index contributed by atoms with van der Waals surface area (Å²) < 4.78 is 29.6. The van der Waals surface area contributed by atoms with Gasteiger partial charge in [0.1, 0.15) is 0 Å². The molecule has 0 atom stereocenters. The largest absolute Gasteiger partial charge is 0.384 e. The Bertz CT molecular complexity index is 217. The van der Waals surface area contributed by atoms with Crippen molar-refractivity contribution in [3.05, 3.63) is 0 Å². The lowest BCUT2D eigenvalue weighted by Crippen LogP contribution is -2.34. The fourth-order valence-corrected chi connectivity index (χ4v) is 1.81. The van der Waals surface area contributed by atoms with E-state index in [1.54, 1.807) is 0 Å². The Morgan fingerprint density at radius 3 is 2.50 bits per heavy atom. The van der Waals surface area contributed by atoms with Crippen LogP contribution < -0.4 is 10.0 Å². The van der Waals surface area contributed by atoms with Gasteiger partial charge in [0.15, 0.2) is 0 Å². The predicted molar refractivity (Wildman–Crippen MR) is 56.8 cm³/mol. The van der Waals surface area contributed by atoms with Gasteiger partial charge >= 0.3 is 0 Å². The Hall–Kier alpha value is -0.170. The van der Waals surface area contributed by atoms with Crippen LogP contribution in [0.25, 0.3) is 0 Å². The molecular weight excluding hydrogens is 204 g/mol. The predicted octanol–water partition coefficient (Wildman–Crippen LogP) is -0.448. The van der Waals surface area contributed by atoms with Gasteiger partial charge in [-0.2, -0.15) is 0 Å². The van der Waals surface area contributed by atoms with Crippen LogP contribution in [-0.4, -0.2) is 47.5 Å². The number of hydrogen-bond donors (Lipinski definition) is 2. The molecule has 2 N–H and O–H groups in total. The molecular formula is C8H20N2O3S. The van der Waals surface area contributed by atoms with Gasteiger partial charge in [0.25, 0.3) is 0 Å². The van der Waals surface area contributed by atoms with Gasteiger partial charge in [-0.25, -0.2) is 13.1 Å². The van der Waals surface area contributed by atoms with Crippen molar-refractivity contribution in [1.82, 2.24) is 10.0 Å². The molecule has 0 saturated carbocycles. The third-order valence-corrected chi connectivity index (χ3v) is 2.95. The van der Waals surface area contributed by atoms with E-state index in [0.29, 0.717) is 13.1 Å². The highest BCUT2D eigenvalue weighted by Crippen LogP contribution is 1.83. The zero-order valence-corrected chi connectivity index (χ0v) is 9.69. The number of hydrogen-bond acceptors (Lipinski definition) is 4. The fraction of sp³-hybridized carbons (Fsp3) is 1.00. The molecule has 14 heavy (non-hydrogen) atoms. The summed E-state index contributed by atoms with van der Waals surface area (Å²) in [6.07, 6.45) is 1.05. The summed E-state index contributed by atoms with van der Waals surface area (Å²) >= 11 is 0. The summed E-state index contributed by atoms with van der Waals surface area (Å²) in [5.74, 6) is 0.0251. The lowest BCUT2D eigenvalue weighted by Gasteiger charge is -2.06. The molecule has 0 fully saturated rings. The first-order chi connectivity index (χ1) is 6.62. The molecule has 0 aliphatic carbocycles. The number of ether oxygens (including phenoxy) is 1. The number of nitrogens with one attached hydrogen (secondary N) is 2. The molecule has 6 heteroatoms. The van der Waals surface area contributed by atoms with Gasteiger partial charge in [0, 0.05) is 20.2 Å². The van der Waals surface area contributed by atoms with E-state index >= 15 is 0 Å². The molecule has 0 heterocycles. The number of sulfonamides is 1. The smallest absolute Gasteiger partial charge is 0.213 e. The summed E-state index contributed by atoms with van der Waals surface area (Å²) in [6.45, 7) is 4.32. The van der Waals surface area contributed by atoms with Gasteiger partial charge in [-0.05, 0) is 13.0 Å². The van der Waals surface area contributed by atoms with E-state index < -0.39 is 10.0 Å². The van der Waals surface area contributed by atoms with Crippen molar-refractivity contribution >= 4 is 10.0 Å². The highest BCUT2D eigenvalue weighted by Gasteiger charge is 2.07. The van der Waals surface area contributed by atoms with Crippen molar-refractivity contribution < 1.29 is 13.2 Å². The third kappa shape index (κ3) is 8.43. The van der Waals surface area contributed by atoms with E-state index in [1.807, 2.05) is 0 Å². The van der Waals surface area contributed by atoms with Gasteiger partial charge < -0.3 is 10.1 Å². The molecule has 0 saturated heterocycles. The molecule has 0 amide bonds. The maximum atomic E-state index is 11.2. The average Bonchev–Trinajstić information content (AvgIpc) is 2.15. The minimum atomic E-state index is -3.15. The normalized spacial score (nSPS) is 11.9. The minimum absolute atomic E-state index is 0.0251. The molecule has 86 valence electrons. The van der Waals surface area contributed by atoms with Gasteiger partial charge in [0.05, 0.1) is 12.4 Å². The maximum absolute atomic E-state index is 11.2. The molecule has 0 unspecified atom stereocenters. The average molecular weight is 224 g/mol. The van der Waals surface area contributed by atoms with Crippen LogP contribution in [-0.2, 0) is 14.8 Å². The molecule has 0 aliphatic rings. The Balaban J connectivity index is 3.46. The Morgan fingerprint density at radius 2 is 1.93 bits per heavy atom. The maximum Gasteiger partial charge on any atom is 0.213 e. The zero-order valence-electron chi connectivity index (χ0n) is 8.88. The van der Waals surface area contributed by atoms with E-state index in [1.165, 1.54) is 7.11 Å². The summed E-state index contributed by atoms with van der Waals surface area (Å²) in [5, 5.41) is 3.11. The van der Waals surface area contributed by atoms with Gasteiger partial charge in [-0.1, -0.05) is 6.92 Å². The van der Waals surface area contributed by atoms with Crippen LogP contribution in [0.2, 0.25) is 0 Å². The highest BCUT2D eigenvalue weighted by molar-refractivity contribution is 7.89. The van der Waals surface area contributed by atoms with E-state index in [9.17, 15) is 8.42 Å². The highest BCUT2D eigenvalue weighted by atomic mass is 32.2. The van der Waals surface area contributed by atoms with Crippen molar-refractivity contribution in [2.45, 2.75) is 13.3 Å².